The van der Waals surface area contributed by atoms with Crippen LogP contribution in [-0.4, -0.2) is 42.2 Å². The Balaban J connectivity index is 0.000000892. The summed E-state index contributed by atoms with van der Waals surface area (Å²) in [5.41, 5.74) is 4.93. The zero-order valence-corrected chi connectivity index (χ0v) is 17.1. The molecule has 0 bridgehead atoms. The van der Waals surface area contributed by atoms with Crippen molar-refractivity contribution in [3.63, 3.8) is 0 Å². The Morgan fingerprint density at radius 3 is 1.29 bits per heavy atom. The van der Waals surface area contributed by atoms with Gasteiger partial charge in [0, 0.05) is 48.7 Å². The molecule has 0 aliphatic rings. The van der Waals surface area contributed by atoms with Crippen molar-refractivity contribution in [3.8, 4) is 0 Å². The van der Waals surface area contributed by atoms with Gasteiger partial charge >= 0.3 is 0 Å². The number of rotatable bonds is 8. The molecule has 0 aliphatic heterocycles. The molecule has 0 heterocycles. The van der Waals surface area contributed by atoms with Crippen LogP contribution in [0.3, 0.4) is 0 Å². The van der Waals surface area contributed by atoms with Crippen molar-refractivity contribution >= 4 is 17.1 Å². The molecule has 0 spiro atoms. The van der Waals surface area contributed by atoms with Crippen molar-refractivity contribution in [2.75, 3.05) is 36.0 Å². The molecule has 2 rings (SSSR count). The topological polar surface area (TPSA) is 93.7 Å². The Bertz CT molecular complexity index is 676. The highest BCUT2D eigenvalue weighted by atomic mass is 16.9. The van der Waals surface area contributed by atoms with Crippen molar-refractivity contribution in [2.45, 2.75) is 27.7 Å². The van der Waals surface area contributed by atoms with Crippen LogP contribution in [0.2, 0.25) is 0 Å². The summed E-state index contributed by atoms with van der Waals surface area (Å²) in [5.74, 6) is 0. The fourth-order valence-corrected chi connectivity index (χ4v) is 3.02. The van der Waals surface area contributed by atoms with Gasteiger partial charge in [-0.2, -0.15) is 0 Å². The molecule has 2 aromatic rings. The molecule has 0 saturated heterocycles. The van der Waals surface area contributed by atoms with Gasteiger partial charge in [-0.15, -0.1) is 10.1 Å². The van der Waals surface area contributed by atoms with E-state index in [1.165, 1.54) is 11.4 Å². The van der Waals surface area contributed by atoms with E-state index in [1.54, 1.807) is 0 Å². The highest BCUT2D eigenvalue weighted by molar-refractivity contribution is 6.11. The van der Waals surface area contributed by atoms with Crippen LogP contribution >= 0.6 is 0 Å². The van der Waals surface area contributed by atoms with Crippen LogP contribution < -0.4 is 9.80 Å². The summed E-state index contributed by atoms with van der Waals surface area (Å²) >= 11 is 0. The van der Waals surface area contributed by atoms with E-state index >= 15 is 0 Å². The van der Waals surface area contributed by atoms with Crippen molar-refractivity contribution in [1.82, 2.24) is 0 Å². The molecule has 0 radical (unpaired) electrons. The number of nitrogens with one attached hydrogen (secondary N) is 1. The van der Waals surface area contributed by atoms with Crippen LogP contribution in [0.5, 0.6) is 0 Å². The number of anilines is 2. The summed E-state index contributed by atoms with van der Waals surface area (Å²) in [5, 5.41) is 22.1. The van der Waals surface area contributed by atoms with Crippen LogP contribution in [0.1, 0.15) is 38.8 Å². The summed E-state index contributed by atoms with van der Waals surface area (Å²) in [6.07, 6.45) is 0. The first-order valence-electron chi connectivity index (χ1n) is 9.50. The van der Waals surface area contributed by atoms with E-state index in [2.05, 4.69) is 61.8 Å². The first-order chi connectivity index (χ1) is 13.4. The van der Waals surface area contributed by atoms with E-state index in [-0.39, 0.29) is 0 Å². The number of hydrogen-bond acceptors (Lipinski definition) is 5. The highest BCUT2D eigenvalue weighted by Crippen LogP contribution is 2.19. The van der Waals surface area contributed by atoms with E-state index in [0.29, 0.717) is 5.71 Å². The zero-order chi connectivity index (χ0) is 21.1. The second-order valence-electron chi connectivity index (χ2n) is 6.05. The van der Waals surface area contributed by atoms with Gasteiger partial charge in [-0.05, 0) is 52.0 Å². The molecule has 7 heteroatoms. The lowest BCUT2D eigenvalue weighted by atomic mass is 10.0. The normalized spacial score (nSPS) is 9.86. The summed E-state index contributed by atoms with van der Waals surface area (Å²) in [4.78, 5) is 13.0. The molecule has 0 unspecified atom stereocenters. The Kier molecular flexibility index (Phi) is 9.50. The van der Waals surface area contributed by atoms with Gasteiger partial charge in [0.05, 0.1) is 5.71 Å². The lowest BCUT2D eigenvalue weighted by Crippen LogP contribution is -2.22. The fraction of sp³-hybridized carbons (Fsp3) is 0.381. The van der Waals surface area contributed by atoms with Gasteiger partial charge in [0.2, 0.25) is 0 Å². The van der Waals surface area contributed by atoms with Crippen molar-refractivity contribution in [1.29, 1.82) is 5.41 Å². The van der Waals surface area contributed by atoms with Crippen molar-refractivity contribution in [3.05, 3.63) is 69.8 Å². The number of hydrogen-bond donors (Lipinski definition) is 2. The van der Waals surface area contributed by atoms with Gasteiger partial charge in [-0.3, -0.25) is 5.41 Å². The maximum Gasteiger partial charge on any atom is 0.291 e. The molecular formula is C21H30N4O3. The second kappa shape index (κ2) is 11.6. The SMILES string of the molecule is CCN(CC)c1ccc(C(=N)c2ccc(N(CC)CC)cc2)cc1.O=[N+]([O-])O. The minimum absolute atomic E-state index is 0.576. The third kappa shape index (κ3) is 6.57. The Morgan fingerprint density at radius 2 is 1.07 bits per heavy atom. The fourth-order valence-electron chi connectivity index (χ4n) is 3.02. The minimum Gasteiger partial charge on any atom is -0.372 e. The Labute approximate surface area is 166 Å². The molecule has 2 aromatic carbocycles. The third-order valence-corrected chi connectivity index (χ3v) is 4.57. The van der Waals surface area contributed by atoms with Gasteiger partial charge < -0.3 is 15.0 Å². The predicted octanol–water partition coefficient (Wildman–Crippen LogP) is 4.45. The molecule has 28 heavy (non-hydrogen) atoms. The molecule has 0 aliphatic carbocycles. The quantitative estimate of drug-likeness (QED) is 0.397. The molecule has 0 saturated carbocycles. The van der Waals surface area contributed by atoms with E-state index < -0.39 is 5.09 Å². The van der Waals surface area contributed by atoms with Gasteiger partial charge in [-0.25, -0.2) is 0 Å². The van der Waals surface area contributed by atoms with Gasteiger partial charge in [0.15, 0.2) is 0 Å². The average molecular weight is 386 g/mol. The predicted molar refractivity (Wildman–Crippen MR) is 115 cm³/mol. The molecule has 152 valence electrons. The summed E-state index contributed by atoms with van der Waals surface area (Å²) in [6, 6.07) is 16.6. The van der Waals surface area contributed by atoms with Crippen molar-refractivity contribution < 1.29 is 10.3 Å². The first kappa shape index (κ1) is 23.0. The highest BCUT2D eigenvalue weighted by Gasteiger charge is 2.08. The van der Waals surface area contributed by atoms with Gasteiger partial charge in [-0.1, -0.05) is 24.3 Å². The molecule has 0 aromatic heterocycles. The van der Waals surface area contributed by atoms with Crippen LogP contribution in [0.25, 0.3) is 0 Å². The van der Waals surface area contributed by atoms with E-state index in [9.17, 15) is 0 Å². The van der Waals surface area contributed by atoms with E-state index in [0.717, 1.165) is 37.3 Å². The maximum atomic E-state index is 8.48. The smallest absolute Gasteiger partial charge is 0.291 e. The Hall–Kier alpha value is -3.09. The van der Waals surface area contributed by atoms with E-state index in [4.69, 9.17) is 20.7 Å². The summed E-state index contributed by atoms with van der Waals surface area (Å²) in [7, 11) is 0. The third-order valence-electron chi connectivity index (χ3n) is 4.57. The largest absolute Gasteiger partial charge is 0.372 e. The average Bonchev–Trinajstić information content (AvgIpc) is 2.70. The molecule has 0 fully saturated rings. The van der Waals surface area contributed by atoms with Crippen LogP contribution in [0.4, 0.5) is 11.4 Å². The van der Waals surface area contributed by atoms with Gasteiger partial charge in [0.25, 0.3) is 5.09 Å². The number of benzene rings is 2. The molecule has 0 amide bonds. The molecule has 0 atom stereocenters. The number of nitrogens with zero attached hydrogens (tertiary/aromatic N) is 3. The monoisotopic (exact) mass is 386 g/mol. The van der Waals surface area contributed by atoms with Crippen LogP contribution in [0, 0.1) is 15.5 Å². The van der Waals surface area contributed by atoms with Crippen LogP contribution in [0.15, 0.2) is 48.5 Å². The molecule has 7 nitrogen and oxygen atoms in total. The lowest BCUT2D eigenvalue weighted by molar-refractivity contribution is -0.742. The van der Waals surface area contributed by atoms with Crippen molar-refractivity contribution in [2.24, 2.45) is 0 Å². The lowest BCUT2D eigenvalue weighted by Gasteiger charge is -2.22. The second-order valence-corrected chi connectivity index (χ2v) is 6.05. The maximum absolute atomic E-state index is 8.48. The Morgan fingerprint density at radius 1 is 0.821 bits per heavy atom. The first-order valence-corrected chi connectivity index (χ1v) is 9.50. The standard InChI is InChI=1S/C21H29N3.HNO3/c1-5-23(6-2)19-13-9-17(10-14-19)21(22)18-11-15-20(16-12-18)24(7-3)8-4;2-1(3)4/h9-16,22H,5-8H2,1-4H3;(H,2,3,4). The summed E-state index contributed by atoms with van der Waals surface area (Å²) in [6.45, 7) is 12.7. The summed E-state index contributed by atoms with van der Waals surface area (Å²) < 4.78 is 0. The molecule has 2 N–H and O–H groups in total. The minimum atomic E-state index is -1.50. The van der Waals surface area contributed by atoms with Crippen LogP contribution in [-0.2, 0) is 0 Å². The zero-order valence-electron chi connectivity index (χ0n) is 17.1. The van der Waals surface area contributed by atoms with E-state index in [1.807, 2.05) is 24.3 Å². The molecular weight excluding hydrogens is 356 g/mol. The van der Waals surface area contributed by atoms with Gasteiger partial charge in [0.1, 0.15) is 0 Å².